The molecular weight excluding hydrogens is 367 g/mol. The molecule has 0 saturated heterocycles. The lowest BCUT2D eigenvalue weighted by molar-refractivity contribution is 0.463. The molecule has 0 aliphatic carbocycles. The van der Waals surface area contributed by atoms with Gasteiger partial charge in [-0.25, -0.2) is 0 Å². The Balaban J connectivity index is 1.99. The van der Waals surface area contributed by atoms with Gasteiger partial charge in [0, 0.05) is 9.58 Å². The van der Waals surface area contributed by atoms with Crippen molar-refractivity contribution in [1.82, 2.24) is 0 Å². The highest BCUT2D eigenvalue weighted by atomic mass is 16.5. The first-order valence-electron chi connectivity index (χ1n) is 14.6. The fraction of sp³-hybridized carbons (Fsp3) is 0.333. The van der Waals surface area contributed by atoms with Crippen LogP contribution in [0.3, 0.4) is 0 Å². The highest BCUT2D eigenvalue weighted by Crippen LogP contribution is 2.37. The van der Waals surface area contributed by atoms with Gasteiger partial charge >= 0.3 is 0 Å². The van der Waals surface area contributed by atoms with E-state index in [0.717, 1.165) is 0 Å². The zero-order valence-electron chi connectivity index (χ0n) is 27.0. The third-order valence-electron chi connectivity index (χ3n) is 5.50. The second-order valence-corrected chi connectivity index (χ2v) is 10.0. The smallest absolute Gasteiger partial charge is 0.260 e. The molecule has 3 aromatic rings. The average Bonchev–Trinajstić information content (AvgIpc) is 2.78. The maximum absolute atomic E-state index is 9.25. The number of fused-ring (bicyclic) bond motifs is 4. The summed E-state index contributed by atoms with van der Waals surface area (Å²) in [6, 6.07) is 1.91. The molecule has 152 valence electrons. The summed E-state index contributed by atoms with van der Waals surface area (Å²) in [4.78, 5) is 0. The summed E-state index contributed by atoms with van der Waals surface area (Å²) in [6.45, 7) is 7.73. The lowest BCUT2D eigenvalue weighted by atomic mass is 9.34. The minimum Gasteiger partial charge on any atom is -0.458 e. The quantitative estimate of drug-likeness (QED) is 0.325. The fourth-order valence-electron chi connectivity index (χ4n) is 3.84. The molecule has 0 amide bonds. The minimum atomic E-state index is -2.52. The van der Waals surface area contributed by atoms with Crippen LogP contribution in [-0.2, 0) is 10.8 Å². The molecule has 0 unspecified atom stereocenters. The van der Waals surface area contributed by atoms with Gasteiger partial charge < -0.3 is 9.47 Å². The van der Waals surface area contributed by atoms with Crippen LogP contribution in [0, 0.1) is 6.85 Å². The van der Waals surface area contributed by atoms with Gasteiger partial charge in [0.15, 0.2) is 0 Å². The van der Waals surface area contributed by atoms with Crippen molar-refractivity contribution in [3.8, 4) is 23.0 Å². The molecule has 0 aromatic heterocycles. The minimum absolute atomic E-state index is 0.00830. The average molecular weight is 405 g/mol. The van der Waals surface area contributed by atoms with Gasteiger partial charge in [0.05, 0.1) is 8.22 Å². The lowest BCUT2D eigenvalue weighted by Gasteiger charge is -2.35. The normalized spacial score (nSPS) is 19.0. The molecule has 5 rings (SSSR count). The molecule has 0 fully saturated rings. The molecule has 0 N–H and O–H groups in total. The molecule has 0 spiro atoms. The highest BCUT2D eigenvalue weighted by Gasteiger charge is 2.41. The number of hydrogen-bond donors (Lipinski definition) is 0. The first kappa shape index (κ1) is 11.6. The number of ether oxygens (including phenoxy) is 2. The van der Waals surface area contributed by atoms with Crippen molar-refractivity contribution in [2.75, 3.05) is 0 Å². The first-order chi connectivity index (χ1) is 17.8. The molecule has 30 heavy (non-hydrogen) atoms. The molecule has 2 aliphatic rings. The van der Waals surface area contributed by atoms with Crippen molar-refractivity contribution in [2.45, 2.75) is 59.2 Å². The predicted octanol–water partition coefficient (Wildman–Crippen LogP) is 5.32. The molecule has 0 bridgehead atoms. The van der Waals surface area contributed by atoms with Gasteiger partial charge in [-0.3, -0.25) is 0 Å². The lowest BCUT2D eigenvalue weighted by Crippen LogP contribution is -2.57. The third kappa shape index (κ3) is 2.95. The second-order valence-electron chi connectivity index (χ2n) is 10.0. The Morgan fingerprint density at radius 2 is 1.20 bits per heavy atom. The van der Waals surface area contributed by atoms with Gasteiger partial charge in [-0.1, -0.05) is 65.7 Å². The predicted molar refractivity (Wildman–Crippen MR) is 126 cm³/mol. The van der Waals surface area contributed by atoms with Gasteiger partial charge in [-0.05, 0) is 69.5 Å². The molecule has 2 aliphatic heterocycles. The summed E-state index contributed by atoms with van der Waals surface area (Å²) >= 11 is 0. The van der Waals surface area contributed by atoms with E-state index >= 15 is 0 Å². The largest absolute Gasteiger partial charge is 0.458 e. The molecule has 0 radical (unpaired) electrons. The van der Waals surface area contributed by atoms with E-state index in [9.17, 15) is 2.74 Å². The summed E-state index contributed by atoms with van der Waals surface area (Å²) in [5.41, 5.74) is 0.236. The SMILES string of the molecule is [2H]c1c([2H])c(C(C)(C)C)c([2H])c2c1Oc1cc(C([2H])([2H])[2H])cc3c1B2c1c([2H])c(C(C)(C)C)c([2H])c([2H])c1O3. The standard InChI is InChI=1S/C27H29BO2/c1-16-12-23-25-24(13-16)30-22-11-9-18(27(5,6)7)15-20(22)28(25)19-14-17(26(2,3)4)8-10-21(19)29-23/h8-15H,1-7H3/i1D3,8D,9D,10D,11D,14D,15D. The van der Waals surface area contributed by atoms with Crippen LogP contribution in [-0.4, -0.2) is 6.71 Å². The fourth-order valence-corrected chi connectivity index (χ4v) is 3.84. The van der Waals surface area contributed by atoms with Gasteiger partial charge in [-0.2, -0.15) is 0 Å². The summed E-state index contributed by atoms with van der Waals surface area (Å²) < 4.78 is 89.8. The van der Waals surface area contributed by atoms with E-state index in [1.165, 1.54) is 12.1 Å². The first-order valence-corrected chi connectivity index (χ1v) is 10.1. The molecule has 3 aromatic carbocycles. The van der Waals surface area contributed by atoms with Crippen LogP contribution in [0.25, 0.3) is 0 Å². The Labute approximate surface area is 193 Å². The summed E-state index contributed by atoms with van der Waals surface area (Å²) in [5.74, 6) is 0.122. The van der Waals surface area contributed by atoms with Crippen molar-refractivity contribution < 1.29 is 21.8 Å². The van der Waals surface area contributed by atoms with Crippen LogP contribution >= 0.6 is 0 Å². The van der Waals surface area contributed by atoms with E-state index in [1.54, 1.807) is 0 Å². The van der Waals surface area contributed by atoms with Gasteiger partial charge in [-0.15, -0.1) is 0 Å². The number of benzene rings is 3. The molecule has 2 heterocycles. The van der Waals surface area contributed by atoms with Crippen LogP contribution in [0.5, 0.6) is 23.0 Å². The Hall–Kier alpha value is -2.68. The summed E-state index contributed by atoms with van der Waals surface area (Å²) in [6.07, 6.45) is 0. The van der Waals surface area contributed by atoms with E-state index in [2.05, 4.69) is 0 Å². The van der Waals surface area contributed by atoms with E-state index in [4.69, 9.17) is 19.1 Å². The van der Waals surface area contributed by atoms with Crippen LogP contribution in [0.1, 0.15) is 70.6 Å². The molecule has 3 heteroatoms. The Morgan fingerprint density at radius 1 is 0.733 bits per heavy atom. The van der Waals surface area contributed by atoms with Crippen molar-refractivity contribution in [3.05, 3.63) is 65.1 Å². The van der Waals surface area contributed by atoms with Crippen LogP contribution in [0.15, 0.2) is 48.4 Å². The molecule has 0 atom stereocenters. The zero-order chi connectivity index (χ0) is 29.1. The van der Waals surface area contributed by atoms with Crippen LogP contribution < -0.4 is 25.9 Å². The molecular formula is C27H29BO2. The maximum Gasteiger partial charge on any atom is 0.260 e. The Morgan fingerprint density at radius 3 is 1.60 bits per heavy atom. The van der Waals surface area contributed by atoms with E-state index in [0.29, 0.717) is 16.6 Å². The summed E-state index contributed by atoms with van der Waals surface area (Å²) in [7, 11) is 0. The highest BCUT2D eigenvalue weighted by molar-refractivity contribution is 6.98. The molecule has 2 nitrogen and oxygen atoms in total. The van der Waals surface area contributed by atoms with Crippen LogP contribution in [0.4, 0.5) is 0 Å². The van der Waals surface area contributed by atoms with Crippen LogP contribution in [0.2, 0.25) is 0 Å². The van der Waals surface area contributed by atoms with Crippen molar-refractivity contribution in [3.63, 3.8) is 0 Å². The van der Waals surface area contributed by atoms with Crippen molar-refractivity contribution >= 4 is 23.1 Å². The monoisotopic (exact) mass is 405 g/mol. The summed E-state index contributed by atoms with van der Waals surface area (Å²) in [5, 5.41) is 0. The molecule has 0 saturated carbocycles. The Bertz CT molecular complexity index is 1470. The Kier molecular flexibility index (Phi) is 2.39. The second kappa shape index (κ2) is 6.17. The number of hydrogen-bond acceptors (Lipinski definition) is 2. The zero-order valence-corrected chi connectivity index (χ0v) is 18.0. The number of rotatable bonds is 0. The third-order valence-corrected chi connectivity index (χ3v) is 5.50. The topological polar surface area (TPSA) is 18.5 Å². The van der Waals surface area contributed by atoms with E-state index < -0.39 is 24.4 Å². The van der Waals surface area contributed by atoms with E-state index in [1.807, 2.05) is 41.5 Å². The van der Waals surface area contributed by atoms with Crippen molar-refractivity contribution in [1.29, 1.82) is 0 Å². The van der Waals surface area contributed by atoms with E-state index in [-0.39, 0.29) is 75.7 Å². The van der Waals surface area contributed by atoms with Gasteiger partial charge in [0.2, 0.25) is 0 Å². The van der Waals surface area contributed by atoms with Gasteiger partial charge in [0.1, 0.15) is 23.0 Å². The van der Waals surface area contributed by atoms with Gasteiger partial charge in [0.25, 0.3) is 6.71 Å². The maximum atomic E-state index is 9.25. The van der Waals surface area contributed by atoms with Crippen molar-refractivity contribution in [2.24, 2.45) is 0 Å². The number of aryl methyl sites for hydroxylation is 1.